The fourth-order valence-electron chi connectivity index (χ4n) is 11.0. The van der Waals surface area contributed by atoms with Gasteiger partial charge in [0.1, 0.15) is 12.9 Å². The number of rotatable bonds is 2. The number of nitrogens with zero attached hydrogens (tertiary/aromatic N) is 1. The first-order valence-corrected chi connectivity index (χ1v) is 16.6. The molecule has 0 aromatic rings. The van der Waals surface area contributed by atoms with Gasteiger partial charge >= 0.3 is 5.97 Å². The Morgan fingerprint density at radius 3 is 2.64 bits per heavy atom. The minimum absolute atomic E-state index is 0.0343. The molecule has 0 aromatic heterocycles. The lowest BCUT2D eigenvalue weighted by molar-refractivity contribution is -0.445. The molecule has 0 radical (unpaired) electrons. The second kappa shape index (κ2) is 9.11. The Hall–Kier alpha value is -1.34. The van der Waals surface area contributed by atoms with Crippen LogP contribution in [0.1, 0.15) is 65.2 Å². The molecule has 42 heavy (non-hydrogen) atoms. The summed E-state index contributed by atoms with van der Waals surface area (Å²) < 4.78 is 24.4. The average molecular weight is 604 g/mol. The predicted octanol–water partition coefficient (Wildman–Crippen LogP) is 2.12. The van der Waals surface area contributed by atoms with Crippen molar-refractivity contribution in [3.63, 3.8) is 0 Å². The molecular formula is C31H41NO9S. The first kappa shape index (κ1) is 28.2. The molecule has 14 atom stereocenters. The number of fused-ring (bicyclic) bond motifs is 8. The summed E-state index contributed by atoms with van der Waals surface area (Å²) in [5.41, 5.74) is -1.98. The van der Waals surface area contributed by atoms with Crippen LogP contribution < -0.4 is 0 Å². The molecule has 1 spiro atoms. The number of aldehydes is 1. The molecule has 8 aliphatic rings. The van der Waals surface area contributed by atoms with Gasteiger partial charge in [-0.15, -0.1) is 11.8 Å². The van der Waals surface area contributed by atoms with Crippen LogP contribution in [0.2, 0.25) is 0 Å². The van der Waals surface area contributed by atoms with Gasteiger partial charge in [-0.25, -0.2) is 4.79 Å². The highest BCUT2D eigenvalue weighted by Crippen LogP contribution is 2.70. The molecule has 9 unspecified atom stereocenters. The monoisotopic (exact) mass is 603 g/mol. The molecule has 3 N–H and O–H groups in total. The summed E-state index contributed by atoms with van der Waals surface area (Å²) >= 11 is 1.54. The van der Waals surface area contributed by atoms with Crippen molar-refractivity contribution < 1.29 is 43.9 Å². The van der Waals surface area contributed by atoms with E-state index in [0.29, 0.717) is 44.3 Å². The zero-order chi connectivity index (χ0) is 29.3. The highest BCUT2D eigenvalue weighted by molar-refractivity contribution is 8.01. The Kier molecular flexibility index (Phi) is 6.11. The number of hydrogen-bond acceptors (Lipinski definition) is 11. The number of aliphatic hydroxyl groups excluding tert-OH is 1. The van der Waals surface area contributed by atoms with Gasteiger partial charge < -0.3 is 39.1 Å². The van der Waals surface area contributed by atoms with Crippen molar-refractivity contribution in [1.82, 2.24) is 0 Å². The molecule has 0 bridgehead atoms. The standard InChI is InChI=1S/C31H41NO9S/c1-16-12-29(32-7-8-42-29)31(37)26(39-16)40-22-10-18-3-4-20-19(28(18,15-33)13-23(22)41-31)5-6-27(2)21(11-24(34)30(20,27)36)17-9-25(35)38-14-17/h7,9,15-16,18-24,26,34,36-37H,3-6,8,10-14H2,1-2H3/t16-,18?,19?,20?,21?,22?,23?,24?,26?,27-,28-,29?,30-,31+/m0/s1. The molecule has 2 saturated heterocycles. The van der Waals surface area contributed by atoms with Crippen LogP contribution in [0.15, 0.2) is 16.6 Å². The van der Waals surface area contributed by atoms with E-state index in [0.717, 1.165) is 24.7 Å². The lowest BCUT2D eigenvalue weighted by Crippen LogP contribution is -2.73. The molecule has 4 saturated carbocycles. The number of thioether (sulfide) groups is 1. The zero-order valence-corrected chi connectivity index (χ0v) is 25.0. The van der Waals surface area contributed by atoms with Crippen molar-refractivity contribution in [2.45, 2.75) is 112 Å². The van der Waals surface area contributed by atoms with Crippen molar-refractivity contribution in [1.29, 1.82) is 0 Å². The first-order chi connectivity index (χ1) is 20.0. The number of ether oxygens (including phenoxy) is 4. The van der Waals surface area contributed by atoms with Gasteiger partial charge in [0.05, 0.1) is 30.0 Å². The van der Waals surface area contributed by atoms with Crippen molar-refractivity contribution in [2.24, 2.45) is 39.5 Å². The molecule has 0 amide bonds. The van der Waals surface area contributed by atoms with E-state index in [-0.39, 0.29) is 48.5 Å². The molecule has 11 heteroatoms. The minimum atomic E-state index is -1.78. The number of carbonyl (C=O) groups excluding carboxylic acids is 2. The topological polar surface area (TPSA) is 144 Å². The van der Waals surface area contributed by atoms with E-state index in [2.05, 4.69) is 0 Å². The number of hydrogen-bond donors (Lipinski definition) is 3. The van der Waals surface area contributed by atoms with Crippen molar-refractivity contribution in [3.8, 4) is 0 Å². The van der Waals surface area contributed by atoms with Crippen LogP contribution in [-0.4, -0.2) is 93.1 Å². The van der Waals surface area contributed by atoms with E-state index < -0.39 is 45.6 Å². The summed E-state index contributed by atoms with van der Waals surface area (Å²) in [6.07, 6.45) is 6.09. The first-order valence-electron chi connectivity index (χ1n) is 15.6. The third kappa shape index (κ3) is 3.36. The third-order valence-corrected chi connectivity index (χ3v) is 14.3. The zero-order valence-electron chi connectivity index (χ0n) is 24.1. The SMILES string of the molecule is C[C@H]1CC2(N=CCS2)[C@]2(O)OC3C[C@]4(C=O)C(CCC5C4CC[C@@]4(C)C(C6=CC(=O)OC6)CC(O)[C@@]54O)CC3OC2O1. The molecular weight excluding hydrogens is 562 g/mol. The summed E-state index contributed by atoms with van der Waals surface area (Å²) in [4.78, 5) is 29.0. The Balaban J connectivity index is 1.12. The largest absolute Gasteiger partial charge is 0.458 e. The van der Waals surface area contributed by atoms with Crippen LogP contribution in [0.3, 0.4) is 0 Å². The molecule has 6 fully saturated rings. The van der Waals surface area contributed by atoms with Crippen molar-refractivity contribution in [2.75, 3.05) is 12.4 Å². The lowest BCUT2D eigenvalue weighted by Gasteiger charge is -2.65. The Morgan fingerprint density at radius 2 is 1.93 bits per heavy atom. The predicted molar refractivity (Wildman–Crippen MR) is 150 cm³/mol. The average Bonchev–Trinajstić information content (AvgIpc) is 3.66. The van der Waals surface area contributed by atoms with Crippen LogP contribution >= 0.6 is 11.8 Å². The quantitative estimate of drug-likeness (QED) is 0.244. The molecule has 8 rings (SSSR count). The number of esters is 1. The highest BCUT2D eigenvalue weighted by Gasteiger charge is 2.74. The second-order valence-electron chi connectivity index (χ2n) is 14.5. The van der Waals surface area contributed by atoms with E-state index >= 15 is 0 Å². The molecule has 4 aliphatic carbocycles. The number of cyclic esters (lactones) is 1. The molecule has 10 nitrogen and oxygen atoms in total. The summed E-state index contributed by atoms with van der Waals surface area (Å²) in [5.74, 6) is -2.05. The van der Waals surface area contributed by atoms with Crippen LogP contribution in [0.4, 0.5) is 0 Å². The van der Waals surface area contributed by atoms with Gasteiger partial charge in [-0.1, -0.05) is 6.92 Å². The summed E-state index contributed by atoms with van der Waals surface area (Å²) in [5, 5.41) is 36.2. The third-order valence-electron chi connectivity index (χ3n) is 12.9. The van der Waals surface area contributed by atoms with Gasteiger partial charge in [-0.3, -0.25) is 4.99 Å². The van der Waals surface area contributed by atoms with Crippen LogP contribution in [0.5, 0.6) is 0 Å². The van der Waals surface area contributed by atoms with E-state index in [1.165, 1.54) is 17.8 Å². The van der Waals surface area contributed by atoms with Gasteiger partial charge in [0.25, 0.3) is 5.79 Å². The smallest absolute Gasteiger partial charge is 0.331 e. The van der Waals surface area contributed by atoms with Gasteiger partial charge in [0.2, 0.25) is 6.29 Å². The Labute approximate surface area is 249 Å². The number of aliphatic hydroxyl groups is 3. The molecule has 230 valence electrons. The van der Waals surface area contributed by atoms with Gasteiger partial charge in [0.15, 0.2) is 4.87 Å². The minimum Gasteiger partial charge on any atom is -0.458 e. The summed E-state index contributed by atoms with van der Waals surface area (Å²) in [6.45, 7) is 4.21. The number of carbonyl (C=O) groups is 2. The molecule has 4 aliphatic heterocycles. The van der Waals surface area contributed by atoms with Crippen LogP contribution in [0, 0.1) is 34.5 Å². The van der Waals surface area contributed by atoms with Crippen molar-refractivity contribution in [3.05, 3.63) is 11.6 Å². The fraction of sp³-hybridized carbons (Fsp3) is 0.839. The van der Waals surface area contributed by atoms with E-state index in [1.54, 1.807) is 0 Å². The number of aliphatic imine (C=N–C) groups is 1. The van der Waals surface area contributed by atoms with Crippen LogP contribution in [0.25, 0.3) is 0 Å². The van der Waals surface area contributed by atoms with E-state index in [4.69, 9.17) is 23.9 Å². The van der Waals surface area contributed by atoms with E-state index in [9.17, 15) is 24.9 Å². The molecule has 0 aromatic carbocycles. The van der Waals surface area contributed by atoms with Gasteiger partial charge in [0, 0.05) is 35.3 Å². The Morgan fingerprint density at radius 1 is 1.10 bits per heavy atom. The highest BCUT2D eigenvalue weighted by atomic mass is 32.2. The fourth-order valence-corrected chi connectivity index (χ4v) is 12.3. The maximum absolute atomic E-state index is 13.3. The van der Waals surface area contributed by atoms with Crippen molar-refractivity contribution >= 4 is 30.2 Å². The lowest BCUT2D eigenvalue weighted by atomic mass is 9.42. The van der Waals surface area contributed by atoms with E-state index in [1.807, 2.05) is 20.1 Å². The Bertz CT molecular complexity index is 1260. The summed E-state index contributed by atoms with van der Waals surface area (Å²) in [7, 11) is 0. The maximum Gasteiger partial charge on any atom is 0.331 e. The second-order valence-corrected chi connectivity index (χ2v) is 15.8. The normalized spacial score (nSPS) is 57.9. The molecule has 4 heterocycles. The van der Waals surface area contributed by atoms with Crippen LogP contribution in [-0.2, 0) is 28.5 Å². The summed E-state index contributed by atoms with van der Waals surface area (Å²) in [6, 6.07) is 0. The maximum atomic E-state index is 13.3. The van der Waals surface area contributed by atoms with Gasteiger partial charge in [-0.05, 0) is 81.1 Å². The van der Waals surface area contributed by atoms with Gasteiger partial charge in [-0.2, -0.15) is 0 Å².